The number of hydrogen-bond donors (Lipinski definition) is 1. The van der Waals surface area contributed by atoms with E-state index in [2.05, 4.69) is 5.32 Å². The Balaban J connectivity index is 2.73. The molecule has 0 spiro atoms. The standard InChI is InChI=1S/C14H19NO3/c1-5-15-13(16)11(4)18-14(17)12-7-9(2)6-10(3)8-12/h6-8,11H,5H2,1-4H3,(H,15,16)/t11-/m0/s1. The molecule has 1 aromatic rings. The molecule has 18 heavy (non-hydrogen) atoms. The van der Waals surface area contributed by atoms with Crippen molar-refractivity contribution in [3.8, 4) is 0 Å². The van der Waals surface area contributed by atoms with Gasteiger partial charge in [-0.05, 0) is 39.8 Å². The quantitative estimate of drug-likeness (QED) is 0.830. The van der Waals surface area contributed by atoms with Crippen molar-refractivity contribution in [2.75, 3.05) is 6.54 Å². The van der Waals surface area contributed by atoms with E-state index < -0.39 is 12.1 Å². The Morgan fingerprint density at radius 2 is 1.78 bits per heavy atom. The number of nitrogens with one attached hydrogen (secondary N) is 1. The third-order valence-corrected chi connectivity index (χ3v) is 2.46. The molecule has 0 fully saturated rings. The molecule has 0 saturated carbocycles. The van der Waals surface area contributed by atoms with Crippen LogP contribution in [0, 0.1) is 13.8 Å². The zero-order valence-corrected chi connectivity index (χ0v) is 11.2. The predicted molar refractivity (Wildman–Crippen MR) is 69.5 cm³/mol. The summed E-state index contributed by atoms with van der Waals surface area (Å²) in [6.07, 6.45) is -0.779. The van der Waals surface area contributed by atoms with Gasteiger partial charge in [0.25, 0.3) is 5.91 Å². The van der Waals surface area contributed by atoms with Gasteiger partial charge >= 0.3 is 5.97 Å². The second-order valence-corrected chi connectivity index (χ2v) is 4.32. The molecule has 0 aliphatic rings. The van der Waals surface area contributed by atoms with Crippen molar-refractivity contribution in [2.24, 2.45) is 0 Å². The van der Waals surface area contributed by atoms with E-state index >= 15 is 0 Å². The fraction of sp³-hybridized carbons (Fsp3) is 0.429. The Kier molecular flexibility index (Phi) is 4.89. The molecule has 0 aromatic heterocycles. The minimum atomic E-state index is -0.779. The molecular formula is C14H19NO3. The monoisotopic (exact) mass is 249 g/mol. The molecule has 1 N–H and O–H groups in total. The van der Waals surface area contributed by atoms with Crippen LogP contribution in [0.15, 0.2) is 18.2 Å². The van der Waals surface area contributed by atoms with Crippen molar-refractivity contribution in [3.63, 3.8) is 0 Å². The molecule has 0 heterocycles. The predicted octanol–water partition coefficient (Wildman–Crippen LogP) is 1.98. The highest BCUT2D eigenvalue weighted by atomic mass is 16.5. The number of benzene rings is 1. The van der Waals surface area contributed by atoms with Crippen LogP contribution in [-0.2, 0) is 9.53 Å². The molecular weight excluding hydrogens is 230 g/mol. The van der Waals surface area contributed by atoms with Gasteiger partial charge in [-0.1, -0.05) is 17.2 Å². The largest absolute Gasteiger partial charge is 0.449 e. The Morgan fingerprint density at radius 3 is 2.28 bits per heavy atom. The summed E-state index contributed by atoms with van der Waals surface area (Å²) in [6.45, 7) is 7.72. The first-order chi connectivity index (χ1) is 8.43. The summed E-state index contributed by atoms with van der Waals surface area (Å²) >= 11 is 0. The summed E-state index contributed by atoms with van der Waals surface area (Å²) in [5, 5.41) is 2.61. The lowest BCUT2D eigenvalue weighted by molar-refractivity contribution is -0.128. The summed E-state index contributed by atoms with van der Waals surface area (Å²) in [6, 6.07) is 5.48. The van der Waals surface area contributed by atoms with Crippen LogP contribution in [0.4, 0.5) is 0 Å². The van der Waals surface area contributed by atoms with Crippen LogP contribution >= 0.6 is 0 Å². The minimum Gasteiger partial charge on any atom is -0.449 e. The van der Waals surface area contributed by atoms with Crippen LogP contribution in [0.3, 0.4) is 0 Å². The lowest BCUT2D eigenvalue weighted by Crippen LogP contribution is -2.35. The van der Waals surface area contributed by atoms with Crippen molar-refractivity contribution < 1.29 is 14.3 Å². The van der Waals surface area contributed by atoms with Crippen LogP contribution in [0.25, 0.3) is 0 Å². The average Bonchev–Trinajstić information content (AvgIpc) is 2.27. The summed E-state index contributed by atoms with van der Waals surface area (Å²) in [5.41, 5.74) is 2.46. The number of carbonyl (C=O) groups is 2. The van der Waals surface area contributed by atoms with E-state index in [0.717, 1.165) is 11.1 Å². The van der Waals surface area contributed by atoms with Crippen LogP contribution in [0.2, 0.25) is 0 Å². The van der Waals surface area contributed by atoms with E-state index in [1.807, 2.05) is 26.8 Å². The van der Waals surface area contributed by atoms with Crippen molar-refractivity contribution in [1.29, 1.82) is 0 Å². The number of ether oxygens (including phenoxy) is 1. The first-order valence-corrected chi connectivity index (χ1v) is 6.01. The minimum absolute atomic E-state index is 0.282. The molecule has 0 bridgehead atoms. The van der Waals surface area contributed by atoms with Gasteiger partial charge in [0.15, 0.2) is 6.10 Å². The number of esters is 1. The molecule has 98 valence electrons. The Hall–Kier alpha value is -1.84. The molecule has 0 aliphatic heterocycles. The highest BCUT2D eigenvalue weighted by molar-refractivity contribution is 5.92. The van der Waals surface area contributed by atoms with Gasteiger partial charge in [-0.3, -0.25) is 4.79 Å². The zero-order chi connectivity index (χ0) is 13.7. The Morgan fingerprint density at radius 1 is 1.22 bits per heavy atom. The maximum Gasteiger partial charge on any atom is 0.338 e. The lowest BCUT2D eigenvalue weighted by Gasteiger charge is -2.13. The van der Waals surface area contributed by atoms with Crippen LogP contribution in [-0.4, -0.2) is 24.5 Å². The van der Waals surface area contributed by atoms with E-state index in [-0.39, 0.29) is 5.91 Å². The summed E-state index contributed by atoms with van der Waals surface area (Å²) < 4.78 is 5.11. The average molecular weight is 249 g/mol. The van der Waals surface area contributed by atoms with Gasteiger partial charge in [-0.25, -0.2) is 4.79 Å². The number of likely N-dealkylation sites (N-methyl/N-ethyl adjacent to an activating group) is 1. The fourth-order valence-electron chi connectivity index (χ4n) is 1.69. The molecule has 1 aromatic carbocycles. The second kappa shape index (κ2) is 6.19. The van der Waals surface area contributed by atoms with E-state index in [1.54, 1.807) is 19.1 Å². The van der Waals surface area contributed by atoms with Crippen molar-refractivity contribution in [1.82, 2.24) is 5.32 Å². The van der Waals surface area contributed by atoms with Gasteiger partial charge < -0.3 is 10.1 Å². The van der Waals surface area contributed by atoms with Gasteiger partial charge in [0.05, 0.1) is 5.56 Å². The number of carbonyl (C=O) groups excluding carboxylic acids is 2. The smallest absolute Gasteiger partial charge is 0.338 e. The molecule has 0 unspecified atom stereocenters. The number of amides is 1. The lowest BCUT2D eigenvalue weighted by atomic mass is 10.1. The van der Waals surface area contributed by atoms with Gasteiger partial charge in [-0.2, -0.15) is 0 Å². The summed E-state index contributed by atoms with van der Waals surface area (Å²) in [5.74, 6) is -0.754. The first kappa shape index (κ1) is 14.2. The van der Waals surface area contributed by atoms with E-state index in [0.29, 0.717) is 12.1 Å². The van der Waals surface area contributed by atoms with Crippen LogP contribution in [0.5, 0.6) is 0 Å². The molecule has 4 heteroatoms. The SMILES string of the molecule is CCNC(=O)[C@H](C)OC(=O)c1cc(C)cc(C)c1. The molecule has 0 saturated heterocycles. The van der Waals surface area contributed by atoms with Crippen LogP contribution in [0.1, 0.15) is 35.3 Å². The van der Waals surface area contributed by atoms with E-state index in [1.165, 1.54) is 0 Å². The molecule has 0 radical (unpaired) electrons. The Bertz CT molecular complexity index is 434. The third-order valence-electron chi connectivity index (χ3n) is 2.46. The van der Waals surface area contributed by atoms with E-state index in [4.69, 9.17) is 4.74 Å². The number of hydrogen-bond acceptors (Lipinski definition) is 3. The topological polar surface area (TPSA) is 55.4 Å². The summed E-state index contributed by atoms with van der Waals surface area (Å²) in [4.78, 5) is 23.3. The van der Waals surface area contributed by atoms with Crippen molar-refractivity contribution in [2.45, 2.75) is 33.8 Å². The highest BCUT2D eigenvalue weighted by Gasteiger charge is 2.18. The van der Waals surface area contributed by atoms with Gasteiger partial charge in [0.2, 0.25) is 0 Å². The Labute approximate surface area is 107 Å². The number of rotatable bonds is 4. The normalized spacial score (nSPS) is 11.8. The first-order valence-electron chi connectivity index (χ1n) is 6.01. The molecule has 0 aliphatic carbocycles. The third kappa shape index (κ3) is 3.87. The van der Waals surface area contributed by atoms with Gasteiger partial charge in [0, 0.05) is 6.54 Å². The summed E-state index contributed by atoms with van der Waals surface area (Å²) in [7, 11) is 0. The maximum absolute atomic E-state index is 11.9. The van der Waals surface area contributed by atoms with E-state index in [9.17, 15) is 9.59 Å². The maximum atomic E-state index is 11.9. The molecule has 1 atom stereocenters. The number of aryl methyl sites for hydroxylation is 2. The molecule has 4 nitrogen and oxygen atoms in total. The fourth-order valence-corrected chi connectivity index (χ4v) is 1.69. The highest BCUT2D eigenvalue weighted by Crippen LogP contribution is 2.11. The van der Waals surface area contributed by atoms with Crippen molar-refractivity contribution in [3.05, 3.63) is 34.9 Å². The van der Waals surface area contributed by atoms with Crippen molar-refractivity contribution >= 4 is 11.9 Å². The molecule has 1 rings (SSSR count). The zero-order valence-electron chi connectivity index (χ0n) is 11.2. The van der Waals surface area contributed by atoms with Crippen LogP contribution < -0.4 is 5.32 Å². The molecule has 1 amide bonds. The van der Waals surface area contributed by atoms with Gasteiger partial charge in [0.1, 0.15) is 0 Å². The van der Waals surface area contributed by atoms with Gasteiger partial charge in [-0.15, -0.1) is 0 Å². The second-order valence-electron chi connectivity index (χ2n) is 4.32.